The van der Waals surface area contributed by atoms with E-state index in [1.165, 1.54) is 25.0 Å². The Hall–Kier alpha value is -3.32. The standard InChI is InChI=1S/C23H25NO6/c1-22(2,3)30-21(26)24-14-18(17-8-6-7-9-19(17)24)23(27,20(25)29-5)15-10-12-16(28-4)13-11-15/h6-14,27H,1-5H3. The molecule has 0 radical (unpaired) electrons. The molecule has 0 saturated carbocycles. The number of carbonyl (C=O) groups excluding carboxylic acids is 2. The maximum absolute atomic E-state index is 12.8. The normalized spacial score (nSPS) is 13.5. The van der Waals surface area contributed by atoms with Crippen LogP contribution in [0.15, 0.2) is 54.7 Å². The minimum absolute atomic E-state index is 0.209. The maximum Gasteiger partial charge on any atom is 0.419 e. The monoisotopic (exact) mass is 411 g/mol. The average molecular weight is 411 g/mol. The SMILES string of the molecule is COC(=O)C(O)(c1ccc(OC)cc1)c1cn(C(=O)OC(C)(C)C)c2ccccc12. The zero-order chi connectivity index (χ0) is 22.1. The topological polar surface area (TPSA) is 87.0 Å². The molecule has 7 heteroatoms. The fourth-order valence-electron chi connectivity index (χ4n) is 3.29. The summed E-state index contributed by atoms with van der Waals surface area (Å²) in [7, 11) is 2.72. The molecule has 0 aliphatic rings. The first kappa shape index (κ1) is 21.4. The first-order valence-electron chi connectivity index (χ1n) is 9.41. The third-order valence-electron chi connectivity index (χ3n) is 4.68. The van der Waals surface area contributed by atoms with E-state index >= 15 is 0 Å². The second kappa shape index (κ2) is 7.84. The van der Waals surface area contributed by atoms with Crippen molar-refractivity contribution in [3.63, 3.8) is 0 Å². The molecule has 1 atom stereocenters. The van der Waals surface area contributed by atoms with Crippen molar-refractivity contribution in [1.82, 2.24) is 4.57 Å². The van der Waals surface area contributed by atoms with Gasteiger partial charge in [0.1, 0.15) is 11.4 Å². The fraction of sp³-hybridized carbons (Fsp3) is 0.304. The largest absolute Gasteiger partial charge is 0.497 e. The lowest BCUT2D eigenvalue weighted by Crippen LogP contribution is -2.38. The molecule has 0 bridgehead atoms. The lowest BCUT2D eigenvalue weighted by Gasteiger charge is -2.26. The molecule has 1 heterocycles. The molecule has 30 heavy (non-hydrogen) atoms. The predicted octanol–water partition coefficient (Wildman–Crippen LogP) is 3.84. The van der Waals surface area contributed by atoms with Crippen molar-refractivity contribution in [1.29, 1.82) is 0 Å². The van der Waals surface area contributed by atoms with Crippen molar-refractivity contribution in [2.24, 2.45) is 0 Å². The van der Waals surface area contributed by atoms with Crippen molar-refractivity contribution < 1.29 is 28.9 Å². The number of rotatable bonds is 4. The summed E-state index contributed by atoms with van der Waals surface area (Å²) < 4.78 is 16.9. The number of aromatic nitrogens is 1. The second-order valence-corrected chi connectivity index (χ2v) is 7.84. The van der Waals surface area contributed by atoms with E-state index in [-0.39, 0.29) is 11.1 Å². The van der Waals surface area contributed by atoms with E-state index in [1.54, 1.807) is 69.3 Å². The molecular formula is C23H25NO6. The van der Waals surface area contributed by atoms with Crippen LogP contribution < -0.4 is 4.74 Å². The average Bonchev–Trinajstić information content (AvgIpc) is 3.12. The summed E-state index contributed by atoms with van der Waals surface area (Å²) in [6, 6.07) is 13.4. The number of hydrogen-bond donors (Lipinski definition) is 1. The molecule has 0 fully saturated rings. The summed E-state index contributed by atoms with van der Waals surface area (Å²) in [4.78, 5) is 25.6. The van der Waals surface area contributed by atoms with Crippen molar-refractivity contribution in [2.75, 3.05) is 14.2 Å². The third kappa shape index (κ3) is 3.76. The highest BCUT2D eigenvalue weighted by molar-refractivity contribution is 5.98. The van der Waals surface area contributed by atoms with Gasteiger partial charge in [0, 0.05) is 17.1 Å². The van der Waals surface area contributed by atoms with Crippen molar-refractivity contribution in [3.05, 3.63) is 65.9 Å². The van der Waals surface area contributed by atoms with Gasteiger partial charge in [-0.25, -0.2) is 9.59 Å². The van der Waals surface area contributed by atoms with E-state index in [1.807, 2.05) is 0 Å². The quantitative estimate of drug-likeness (QED) is 0.657. The molecule has 0 aliphatic heterocycles. The van der Waals surface area contributed by atoms with Crippen LogP contribution in [0.4, 0.5) is 4.79 Å². The van der Waals surface area contributed by atoms with E-state index in [0.717, 1.165) is 0 Å². The number of para-hydroxylation sites is 1. The Labute approximate surface area is 174 Å². The molecule has 0 amide bonds. The second-order valence-electron chi connectivity index (χ2n) is 7.84. The van der Waals surface area contributed by atoms with E-state index in [2.05, 4.69) is 0 Å². The number of aliphatic hydroxyl groups is 1. The first-order valence-corrected chi connectivity index (χ1v) is 9.41. The number of ether oxygens (including phenoxy) is 3. The Morgan fingerprint density at radius 2 is 1.60 bits per heavy atom. The molecule has 0 aliphatic carbocycles. The molecule has 7 nitrogen and oxygen atoms in total. The lowest BCUT2D eigenvalue weighted by atomic mass is 9.86. The van der Waals surface area contributed by atoms with Crippen LogP contribution in [0.25, 0.3) is 10.9 Å². The van der Waals surface area contributed by atoms with Gasteiger partial charge in [0.05, 0.1) is 19.7 Å². The van der Waals surface area contributed by atoms with Crippen molar-refractivity contribution in [2.45, 2.75) is 32.0 Å². The summed E-state index contributed by atoms with van der Waals surface area (Å²) in [6.07, 6.45) is 0.798. The molecule has 0 saturated heterocycles. The Morgan fingerprint density at radius 3 is 2.17 bits per heavy atom. The molecule has 1 unspecified atom stereocenters. The third-order valence-corrected chi connectivity index (χ3v) is 4.68. The Bertz CT molecular complexity index is 1080. The van der Waals surface area contributed by atoms with E-state index < -0.39 is 23.3 Å². The van der Waals surface area contributed by atoms with Gasteiger partial charge < -0.3 is 19.3 Å². The van der Waals surface area contributed by atoms with Gasteiger partial charge >= 0.3 is 12.1 Å². The van der Waals surface area contributed by atoms with Gasteiger partial charge in [0.2, 0.25) is 5.60 Å². The maximum atomic E-state index is 12.8. The summed E-state index contributed by atoms with van der Waals surface area (Å²) in [5, 5.41) is 12.2. The number of fused-ring (bicyclic) bond motifs is 1. The molecule has 1 aromatic heterocycles. The number of benzene rings is 2. The molecule has 2 aromatic carbocycles. The molecule has 1 N–H and O–H groups in total. The highest BCUT2D eigenvalue weighted by Crippen LogP contribution is 2.37. The van der Waals surface area contributed by atoms with Crippen LogP contribution in [0.1, 0.15) is 31.9 Å². The summed E-state index contributed by atoms with van der Waals surface area (Å²) in [5.74, 6) is -0.304. The summed E-state index contributed by atoms with van der Waals surface area (Å²) in [6.45, 7) is 5.29. The van der Waals surface area contributed by atoms with Gasteiger partial charge in [0.15, 0.2) is 0 Å². The minimum atomic E-state index is -2.14. The van der Waals surface area contributed by atoms with Crippen molar-refractivity contribution >= 4 is 23.0 Å². The number of carbonyl (C=O) groups is 2. The van der Waals surface area contributed by atoms with Gasteiger partial charge in [-0.05, 0) is 44.5 Å². The highest BCUT2D eigenvalue weighted by Gasteiger charge is 2.44. The van der Waals surface area contributed by atoms with Crippen LogP contribution in [0.5, 0.6) is 5.75 Å². The predicted molar refractivity (Wildman–Crippen MR) is 112 cm³/mol. The minimum Gasteiger partial charge on any atom is -0.497 e. The van der Waals surface area contributed by atoms with Crippen LogP contribution in [0, 0.1) is 0 Å². The fourth-order valence-corrected chi connectivity index (χ4v) is 3.29. The Balaban J connectivity index is 2.25. The number of esters is 1. The molecule has 3 aromatic rings. The van der Waals surface area contributed by atoms with Crippen LogP contribution in [0.2, 0.25) is 0 Å². The first-order chi connectivity index (χ1) is 14.1. The molecular weight excluding hydrogens is 386 g/mol. The van der Waals surface area contributed by atoms with Gasteiger partial charge in [-0.3, -0.25) is 4.57 Å². The van der Waals surface area contributed by atoms with Crippen LogP contribution in [0.3, 0.4) is 0 Å². The van der Waals surface area contributed by atoms with Gasteiger partial charge in [-0.15, -0.1) is 0 Å². The lowest BCUT2D eigenvalue weighted by molar-refractivity contribution is -0.158. The van der Waals surface area contributed by atoms with Crippen LogP contribution >= 0.6 is 0 Å². The Morgan fingerprint density at radius 1 is 0.967 bits per heavy atom. The van der Waals surface area contributed by atoms with E-state index in [0.29, 0.717) is 16.7 Å². The number of hydrogen-bond acceptors (Lipinski definition) is 6. The van der Waals surface area contributed by atoms with E-state index in [4.69, 9.17) is 14.2 Å². The van der Waals surface area contributed by atoms with Crippen LogP contribution in [-0.2, 0) is 19.9 Å². The number of nitrogens with zero attached hydrogens (tertiary/aromatic N) is 1. The summed E-state index contributed by atoms with van der Waals surface area (Å²) in [5.41, 5.74) is -1.87. The van der Waals surface area contributed by atoms with Gasteiger partial charge in [-0.1, -0.05) is 30.3 Å². The zero-order valence-corrected chi connectivity index (χ0v) is 17.6. The molecule has 3 rings (SSSR count). The van der Waals surface area contributed by atoms with Crippen LogP contribution in [-0.4, -0.2) is 41.6 Å². The highest BCUT2D eigenvalue weighted by atomic mass is 16.6. The van der Waals surface area contributed by atoms with Gasteiger partial charge in [-0.2, -0.15) is 0 Å². The molecule has 158 valence electrons. The van der Waals surface area contributed by atoms with E-state index in [9.17, 15) is 14.7 Å². The summed E-state index contributed by atoms with van der Waals surface area (Å²) >= 11 is 0. The van der Waals surface area contributed by atoms with Gasteiger partial charge in [0.25, 0.3) is 0 Å². The van der Waals surface area contributed by atoms with Crippen molar-refractivity contribution in [3.8, 4) is 5.75 Å². The zero-order valence-electron chi connectivity index (χ0n) is 17.6. The smallest absolute Gasteiger partial charge is 0.419 e. The Kier molecular flexibility index (Phi) is 5.59. The molecule has 0 spiro atoms. The number of methoxy groups -OCH3 is 2.